The summed E-state index contributed by atoms with van der Waals surface area (Å²) < 4.78 is 0. The van der Waals surface area contributed by atoms with Crippen LogP contribution >= 0.6 is 23.2 Å². The van der Waals surface area contributed by atoms with E-state index < -0.39 is 0 Å². The predicted octanol–water partition coefficient (Wildman–Crippen LogP) is 4.29. The largest absolute Gasteiger partial charge is 0.375 e. The molecule has 2 rings (SSSR count). The van der Waals surface area contributed by atoms with Gasteiger partial charge in [-0.3, -0.25) is 4.79 Å². The second-order valence-corrected chi connectivity index (χ2v) is 4.55. The molecule has 0 amide bonds. The summed E-state index contributed by atoms with van der Waals surface area (Å²) in [5, 5.41) is 3.97. The minimum atomic E-state index is -0.00779. The van der Waals surface area contributed by atoms with Crippen LogP contribution in [0, 0.1) is 0 Å². The van der Waals surface area contributed by atoms with Gasteiger partial charge in [-0.15, -0.1) is 0 Å². The van der Waals surface area contributed by atoms with Crippen molar-refractivity contribution < 1.29 is 4.79 Å². The number of benzene rings is 2. The Morgan fingerprint density at radius 3 is 2.17 bits per heavy atom. The van der Waals surface area contributed by atoms with Gasteiger partial charge in [-0.25, -0.2) is 0 Å². The molecule has 4 heteroatoms. The fraction of sp³-hybridized carbons (Fsp3) is 0.0714. The van der Waals surface area contributed by atoms with E-state index in [-0.39, 0.29) is 12.3 Å². The van der Waals surface area contributed by atoms with E-state index in [1.165, 1.54) is 0 Å². The van der Waals surface area contributed by atoms with Crippen LogP contribution in [-0.4, -0.2) is 12.3 Å². The standard InChI is InChI=1S/C14H11Cl2NO/c15-11-7-4-8-12(16)14(11)17-9-13(18)10-5-2-1-3-6-10/h1-8,17H,9H2. The van der Waals surface area contributed by atoms with E-state index in [2.05, 4.69) is 5.32 Å². The molecule has 0 heterocycles. The van der Waals surface area contributed by atoms with Gasteiger partial charge in [-0.2, -0.15) is 0 Å². The fourth-order valence-electron chi connectivity index (χ4n) is 1.56. The molecule has 0 aliphatic heterocycles. The van der Waals surface area contributed by atoms with Gasteiger partial charge in [0.05, 0.1) is 22.3 Å². The van der Waals surface area contributed by atoms with Crippen LogP contribution in [0.5, 0.6) is 0 Å². The van der Waals surface area contributed by atoms with Crippen molar-refractivity contribution in [2.75, 3.05) is 11.9 Å². The lowest BCUT2D eigenvalue weighted by atomic mass is 10.1. The van der Waals surface area contributed by atoms with Crippen LogP contribution < -0.4 is 5.32 Å². The molecule has 2 aromatic carbocycles. The number of halogens is 2. The number of rotatable bonds is 4. The molecule has 0 unspecified atom stereocenters. The van der Waals surface area contributed by atoms with Crippen molar-refractivity contribution in [3.63, 3.8) is 0 Å². The molecule has 0 saturated heterocycles. The van der Waals surface area contributed by atoms with E-state index in [4.69, 9.17) is 23.2 Å². The van der Waals surface area contributed by atoms with E-state index in [1.807, 2.05) is 18.2 Å². The summed E-state index contributed by atoms with van der Waals surface area (Å²) in [5.74, 6) is -0.00779. The summed E-state index contributed by atoms with van der Waals surface area (Å²) >= 11 is 12.0. The Morgan fingerprint density at radius 2 is 1.56 bits per heavy atom. The summed E-state index contributed by atoms with van der Waals surface area (Å²) in [6.07, 6.45) is 0. The van der Waals surface area contributed by atoms with Crippen LogP contribution in [0.25, 0.3) is 0 Å². The number of nitrogens with one attached hydrogen (secondary N) is 1. The third-order valence-corrected chi connectivity index (χ3v) is 3.11. The summed E-state index contributed by atoms with van der Waals surface area (Å²) in [6, 6.07) is 14.3. The number of Topliss-reactive ketones (excluding diaryl/α,β-unsaturated/α-hetero) is 1. The number of carbonyl (C=O) groups excluding carboxylic acids is 1. The minimum Gasteiger partial charge on any atom is -0.375 e. The number of hydrogen-bond acceptors (Lipinski definition) is 2. The first-order valence-electron chi connectivity index (χ1n) is 5.44. The average Bonchev–Trinajstić information content (AvgIpc) is 2.39. The van der Waals surface area contributed by atoms with Gasteiger partial charge in [0, 0.05) is 5.56 Å². The van der Waals surface area contributed by atoms with Crippen molar-refractivity contribution in [2.45, 2.75) is 0 Å². The molecule has 0 spiro atoms. The molecule has 92 valence electrons. The normalized spacial score (nSPS) is 10.1. The van der Waals surface area contributed by atoms with Gasteiger partial charge in [-0.1, -0.05) is 59.6 Å². The predicted molar refractivity (Wildman–Crippen MR) is 75.7 cm³/mol. The Morgan fingerprint density at radius 1 is 0.944 bits per heavy atom. The summed E-state index contributed by atoms with van der Waals surface area (Å²) in [6.45, 7) is 0.160. The highest BCUT2D eigenvalue weighted by Crippen LogP contribution is 2.29. The second-order valence-electron chi connectivity index (χ2n) is 3.74. The average molecular weight is 280 g/mol. The van der Waals surface area contributed by atoms with Gasteiger partial charge in [-0.05, 0) is 12.1 Å². The molecular formula is C14H11Cl2NO. The van der Waals surface area contributed by atoms with Crippen LogP contribution in [0.1, 0.15) is 10.4 Å². The topological polar surface area (TPSA) is 29.1 Å². The minimum absolute atomic E-state index is 0.00779. The fourth-order valence-corrected chi connectivity index (χ4v) is 2.09. The lowest BCUT2D eigenvalue weighted by Gasteiger charge is -2.09. The molecule has 1 N–H and O–H groups in total. The maximum Gasteiger partial charge on any atom is 0.181 e. The molecule has 0 saturated carbocycles. The zero-order chi connectivity index (χ0) is 13.0. The Hall–Kier alpha value is -1.51. The molecule has 0 atom stereocenters. The van der Waals surface area contributed by atoms with E-state index >= 15 is 0 Å². The molecule has 0 aliphatic carbocycles. The SMILES string of the molecule is O=C(CNc1c(Cl)cccc1Cl)c1ccccc1. The van der Waals surface area contributed by atoms with Crippen LogP contribution in [0.15, 0.2) is 48.5 Å². The molecule has 0 aromatic heterocycles. The van der Waals surface area contributed by atoms with Crippen LogP contribution in [-0.2, 0) is 0 Å². The number of hydrogen-bond donors (Lipinski definition) is 1. The monoisotopic (exact) mass is 279 g/mol. The number of anilines is 1. The smallest absolute Gasteiger partial charge is 0.181 e. The van der Waals surface area contributed by atoms with Crippen molar-refractivity contribution >= 4 is 34.7 Å². The van der Waals surface area contributed by atoms with Crippen molar-refractivity contribution in [3.8, 4) is 0 Å². The molecule has 0 aliphatic rings. The lowest BCUT2D eigenvalue weighted by molar-refractivity contribution is 0.101. The Labute approximate surface area is 116 Å². The van der Waals surface area contributed by atoms with Crippen LogP contribution in [0.3, 0.4) is 0 Å². The van der Waals surface area contributed by atoms with Gasteiger partial charge in [0.25, 0.3) is 0 Å². The maximum absolute atomic E-state index is 11.9. The first-order chi connectivity index (χ1) is 8.68. The number of para-hydroxylation sites is 1. The second kappa shape index (κ2) is 5.89. The third kappa shape index (κ3) is 3.03. The highest BCUT2D eigenvalue weighted by Gasteiger charge is 2.08. The summed E-state index contributed by atoms with van der Waals surface area (Å²) in [5.41, 5.74) is 1.25. The summed E-state index contributed by atoms with van der Waals surface area (Å²) in [4.78, 5) is 11.9. The zero-order valence-electron chi connectivity index (χ0n) is 9.49. The highest BCUT2D eigenvalue weighted by molar-refractivity contribution is 6.39. The molecule has 2 aromatic rings. The highest BCUT2D eigenvalue weighted by atomic mass is 35.5. The molecule has 0 bridgehead atoms. The first-order valence-corrected chi connectivity index (χ1v) is 6.20. The van der Waals surface area contributed by atoms with E-state index in [0.717, 1.165) is 0 Å². The van der Waals surface area contributed by atoms with Crippen LogP contribution in [0.2, 0.25) is 10.0 Å². The van der Waals surface area contributed by atoms with Gasteiger partial charge >= 0.3 is 0 Å². The van der Waals surface area contributed by atoms with Crippen LogP contribution in [0.4, 0.5) is 5.69 Å². The quantitative estimate of drug-likeness (QED) is 0.846. The molecule has 18 heavy (non-hydrogen) atoms. The zero-order valence-corrected chi connectivity index (χ0v) is 11.0. The Bertz CT molecular complexity index is 535. The Kier molecular flexibility index (Phi) is 4.24. The van der Waals surface area contributed by atoms with Gasteiger partial charge in [0.1, 0.15) is 0 Å². The summed E-state index contributed by atoms with van der Waals surface area (Å²) in [7, 11) is 0. The maximum atomic E-state index is 11.9. The molecule has 0 radical (unpaired) electrons. The molecule has 2 nitrogen and oxygen atoms in total. The van der Waals surface area contributed by atoms with E-state index in [9.17, 15) is 4.79 Å². The van der Waals surface area contributed by atoms with E-state index in [1.54, 1.807) is 30.3 Å². The van der Waals surface area contributed by atoms with Crippen molar-refractivity contribution in [2.24, 2.45) is 0 Å². The molecular weight excluding hydrogens is 269 g/mol. The van der Waals surface area contributed by atoms with Gasteiger partial charge in [0.2, 0.25) is 0 Å². The van der Waals surface area contributed by atoms with Crippen molar-refractivity contribution in [1.29, 1.82) is 0 Å². The van der Waals surface area contributed by atoms with Gasteiger partial charge < -0.3 is 5.32 Å². The third-order valence-electron chi connectivity index (χ3n) is 2.48. The Balaban J connectivity index is 2.07. The lowest BCUT2D eigenvalue weighted by Crippen LogP contribution is -2.14. The number of carbonyl (C=O) groups is 1. The van der Waals surface area contributed by atoms with Crippen molar-refractivity contribution in [1.82, 2.24) is 0 Å². The molecule has 0 fully saturated rings. The van der Waals surface area contributed by atoms with Crippen molar-refractivity contribution in [3.05, 3.63) is 64.1 Å². The van der Waals surface area contributed by atoms with Gasteiger partial charge in [0.15, 0.2) is 5.78 Å². The first kappa shape index (κ1) is 12.9. The van der Waals surface area contributed by atoms with E-state index in [0.29, 0.717) is 21.3 Å². The number of ketones is 1.